The molecule has 7 nitrogen and oxygen atoms in total. The van der Waals surface area contributed by atoms with Crippen LogP contribution in [-0.2, 0) is 4.79 Å². The predicted molar refractivity (Wildman–Crippen MR) is 74.5 cm³/mol. The molecule has 1 saturated heterocycles. The first-order valence-corrected chi connectivity index (χ1v) is 7.16. The van der Waals surface area contributed by atoms with E-state index in [9.17, 15) is 9.59 Å². The third-order valence-corrected chi connectivity index (χ3v) is 3.35. The van der Waals surface area contributed by atoms with E-state index in [1.165, 1.54) is 19.3 Å². The van der Waals surface area contributed by atoms with Gasteiger partial charge in [-0.05, 0) is 32.9 Å². The monoisotopic (exact) mass is 287 g/mol. The first-order chi connectivity index (χ1) is 9.49. The highest BCUT2D eigenvalue weighted by Gasteiger charge is 2.16. The highest BCUT2D eigenvalue weighted by molar-refractivity contribution is 5.74. The van der Waals surface area contributed by atoms with Gasteiger partial charge in [0, 0.05) is 25.6 Å². The van der Waals surface area contributed by atoms with Gasteiger partial charge in [0.25, 0.3) is 0 Å². The largest absolute Gasteiger partial charge is 0.479 e. The summed E-state index contributed by atoms with van der Waals surface area (Å²) < 4.78 is 0. The molecule has 1 rings (SSSR count). The number of hydrogen-bond donors (Lipinski definition) is 4. The quantitative estimate of drug-likeness (QED) is 0.528. The molecular formula is C13H25N3O4. The molecule has 1 aliphatic heterocycles. The third-order valence-electron chi connectivity index (χ3n) is 3.35. The molecule has 1 heterocycles. The fraction of sp³-hybridized carbons (Fsp3) is 0.846. The molecule has 0 aromatic carbocycles. The Hall–Kier alpha value is -1.34. The van der Waals surface area contributed by atoms with Gasteiger partial charge in [-0.2, -0.15) is 0 Å². The summed E-state index contributed by atoms with van der Waals surface area (Å²) in [5, 5.41) is 22.9. The lowest BCUT2D eigenvalue weighted by atomic mass is 10.1. The Kier molecular flexibility index (Phi) is 7.32. The molecule has 0 radical (unpaired) electrons. The Morgan fingerprint density at radius 3 is 2.50 bits per heavy atom. The first kappa shape index (κ1) is 16.7. The van der Waals surface area contributed by atoms with Crippen molar-refractivity contribution in [2.24, 2.45) is 0 Å². The standard InChI is InChI=1S/C13H25N3O4/c1-10(9-16-7-3-2-4-8-16)15-13(20)14-6-5-11(17)12(18)19/h10-11,17H,2-9H2,1H3,(H,18,19)(H2,14,15,20)/t10?,11-/m0/s1. The second-order valence-electron chi connectivity index (χ2n) is 5.31. The number of carbonyl (C=O) groups is 2. The van der Waals surface area contributed by atoms with Crippen LogP contribution < -0.4 is 10.6 Å². The SMILES string of the molecule is CC(CN1CCCCC1)NC(=O)NCC[C@H](O)C(=O)O. The zero-order valence-corrected chi connectivity index (χ0v) is 12.0. The van der Waals surface area contributed by atoms with Gasteiger partial charge >= 0.3 is 12.0 Å². The Labute approximate surface area is 119 Å². The molecule has 20 heavy (non-hydrogen) atoms. The van der Waals surface area contributed by atoms with E-state index in [0.29, 0.717) is 0 Å². The number of rotatable bonds is 7. The minimum atomic E-state index is -1.43. The van der Waals surface area contributed by atoms with Crippen LogP contribution in [0.4, 0.5) is 4.79 Å². The van der Waals surface area contributed by atoms with Crippen molar-refractivity contribution in [1.82, 2.24) is 15.5 Å². The smallest absolute Gasteiger partial charge is 0.332 e. The number of likely N-dealkylation sites (tertiary alicyclic amines) is 1. The number of carbonyl (C=O) groups excluding carboxylic acids is 1. The molecule has 0 spiro atoms. The maximum atomic E-state index is 11.6. The number of carboxylic acids is 1. The van der Waals surface area contributed by atoms with E-state index < -0.39 is 12.1 Å². The maximum Gasteiger partial charge on any atom is 0.332 e. The number of aliphatic hydroxyl groups excluding tert-OH is 1. The first-order valence-electron chi connectivity index (χ1n) is 7.16. The summed E-state index contributed by atoms with van der Waals surface area (Å²) in [6.07, 6.45) is 2.28. The molecule has 1 unspecified atom stereocenters. The number of hydrogen-bond acceptors (Lipinski definition) is 4. The predicted octanol–water partition coefficient (Wildman–Crippen LogP) is -0.00440. The van der Waals surface area contributed by atoms with E-state index in [1.807, 2.05) is 6.92 Å². The van der Waals surface area contributed by atoms with Crippen LogP contribution in [0.5, 0.6) is 0 Å². The van der Waals surface area contributed by atoms with E-state index in [-0.39, 0.29) is 25.0 Å². The van der Waals surface area contributed by atoms with Crippen molar-refractivity contribution < 1.29 is 19.8 Å². The molecule has 0 aromatic heterocycles. The molecule has 0 saturated carbocycles. The van der Waals surface area contributed by atoms with E-state index in [4.69, 9.17) is 10.2 Å². The molecule has 1 fully saturated rings. The van der Waals surface area contributed by atoms with Crippen LogP contribution in [0, 0.1) is 0 Å². The van der Waals surface area contributed by atoms with E-state index in [1.54, 1.807) is 0 Å². The van der Waals surface area contributed by atoms with Crippen LogP contribution in [0.3, 0.4) is 0 Å². The number of aliphatic carboxylic acids is 1. The summed E-state index contributed by atoms with van der Waals surface area (Å²) in [4.78, 5) is 24.3. The topological polar surface area (TPSA) is 102 Å². The average molecular weight is 287 g/mol. The zero-order chi connectivity index (χ0) is 15.0. The normalized spacial score (nSPS) is 19.1. The van der Waals surface area contributed by atoms with Crippen LogP contribution in [-0.4, -0.2) is 65.4 Å². The summed E-state index contributed by atoms with van der Waals surface area (Å²) in [5.41, 5.74) is 0. The second-order valence-corrected chi connectivity index (χ2v) is 5.31. The lowest BCUT2D eigenvalue weighted by Gasteiger charge is -2.29. The Balaban J connectivity index is 2.12. The summed E-state index contributed by atoms with van der Waals surface area (Å²) >= 11 is 0. The van der Waals surface area contributed by atoms with Crippen LogP contribution in [0.25, 0.3) is 0 Å². The van der Waals surface area contributed by atoms with Crippen molar-refractivity contribution in [3.05, 3.63) is 0 Å². The van der Waals surface area contributed by atoms with Gasteiger partial charge in [0.05, 0.1) is 0 Å². The minimum Gasteiger partial charge on any atom is -0.479 e. The molecule has 0 aromatic rings. The molecule has 7 heteroatoms. The number of aliphatic hydroxyl groups is 1. The van der Waals surface area contributed by atoms with Gasteiger partial charge in [0.1, 0.15) is 0 Å². The molecule has 0 bridgehead atoms. The summed E-state index contributed by atoms with van der Waals surface area (Å²) in [5.74, 6) is -1.27. The number of piperidine rings is 1. The number of carboxylic acid groups (broad SMARTS) is 1. The van der Waals surface area contributed by atoms with Crippen LogP contribution >= 0.6 is 0 Å². The van der Waals surface area contributed by atoms with E-state index in [0.717, 1.165) is 19.6 Å². The fourth-order valence-electron chi connectivity index (χ4n) is 2.30. The summed E-state index contributed by atoms with van der Waals surface area (Å²) in [7, 11) is 0. The highest BCUT2D eigenvalue weighted by Crippen LogP contribution is 2.08. The van der Waals surface area contributed by atoms with Gasteiger partial charge in [-0.15, -0.1) is 0 Å². The number of urea groups is 1. The van der Waals surface area contributed by atoms with Crippen LogP contribution in [0.15, 0.2) is 0 Å². The van der Waals surface area contributed by atoms with Crippen LogP contribution in [0.2, 0.25) is 0 Å². The van der Waals surface area contributed by atoms with Crippen molar-refractivity contribution in [2.45, 2.75) is 44.8 Å². The lowest BCUT2D eigenvalue weighted by Crippen LogP contribution is -2.47. The van der Waals surface area contributed by atoms with Crippen molar-refractivity contribution in [2.75, 3.05) is 26.2 Å². The van der Waals surface area contributed by atoms with Gasteiger partial charge in [0.2, 0.25) is 0 Å². The fourth-order valence-corrected chi connectivity index (χ4v) is 2.30. The molecule has 2 atom stereocenters. The minimum absolute atomic E-state index is 0.00323. The summed E-state index contributed by atoms with van der Waals surface area (Å²) in [6.45, 7) is 5.07. The second kappa shape index (κ2) is 8.76. The van der Waals surface area contributed by atoms with E-state index in [2.05, 4.69) is 15.5 Å². The summed E-state index contributed by atoms with van der Waals surface area (Å²) in [6, 6.07) is -0.287. The van der Waals surface area contributed by atoms with Gasteiger partial charge in [-0.3, -0.25) is 0 Å². The number of amides is 2. The lowest BCUT2D eigenvalue weighted by molar-refractivity contribution is -0.146. The maximum absolute atomic E-state index is 11.6. The van der Waals surface area contributed by atoms with Gasteiger partial charge in [0.15, 0.2) is 6.10 Å². The zero-order valence-electron chi connectivity index (χ0n) is 12.0. The molecule has 116 valence electrons. The molecule has 1 aliphatic rings. The molecule has 2 amide bonds. The van der Waals surface area contributed by atoms with Gasteiger partial charge in [-0.1, -0.05) is 6.42 Å². The van der Waals surface area contributed by atoms with Crippen molar-refractivity contribution in [3.8, 4) is 0 Å². The van der Waals surface area contributed by atoms with Gasteiger partial charge < -0.3 is 25.7 Å². The molecular weight excluding hydrogens is 262 g/mol. The van der Waals surface area contributed by atoms with Crippen LogP contribution in [0.1, 0.15) is 32.6 Å². The average Bonchev–Trinajstić information content (AvgIpc) is 2.39. The van der Waals surface area contributed by atoms with Crippen molar-refractivity contribution >= 4 is 12.0 Å². The number of nitrogens with one attached hydrogen (secondary N) is 2. The third kappa shape index (κ3) is 6.72. The highest BCUT2D eigenvalue weighted by atomic mass is 16.4. The Morgan fingerprint density at radius 2 is 1.90 bits per heavy atom. The molecule has 0 aliphatic carbocycles. The van der Waals surface area contributed by atoms with Crippen molar-refractivity contribution in [1.29, 1.82) is 0 Å². The number of nitrogens with zero attached hydrogens (tertiary/aromatic N) is 1. The Morgan fingerprint density at radius 1 is 1.25 bits per heavy atom. The van der Waals surface area contributed by atoms with Gasteiger partial charge in [-0.25, -0.2) is 9.59 Å². The molecule has 4 N–H and O–H groups in total. The Bertz CT molecular complexity index is 319. The van der Waals surface area contributed by atoms with Crippen molar-refractivity contribution in [3.63, 3.8) is 0 Å². The van der Waals surface area contributed by atoms with E-state index >= 15 is 0 Å².